The molecule has 4 nitrogen and oxygen atoms in total. The molecular weight excluding hydrogens is 218 g/mol. The molecule has 1 aromatic heterocycles. The largest absolute Gasteiger partial charge is 0.469 e. The summed E-state index contributed by atoms with van der Waals surface area (Å²) in [6, 6.07) is 3.65. The van der Waals surface area contributed by atoms with E-state index in [0.29, 0.717) is 19.4 Å². The number of carbonyl (C=O) groups is 1. The first-order valence-electron chi connectivity index (χ1n) is 6.10. The second-order valence-electron chi connectivity index (χ2n) is 4.34. The van der Waals surface area contributed by atoms with Gasteiger partial charge in [-0.05, 0) is 18.1 Å². The van der Waals surface area contributed by atoms with E-state index in [1.165, 1.54) is 0 Å². The van der Waals surface area contributed by atoms with E-state index in [0.717, 1.165) is 12.2 Å². The van der Waals surface area contributed by atoms with Gasteiger partial charge in [-0.15, -0.1) is 0 Å². The molecule has 17 heavy (non-hydrogen) atoms. The molecule has 0 aliphatic carbocycles. The lowest BCUT2D eigenvalue weighted by Gasteiger charge is -2.17. The quantitative estimate of drug-likeness (QED) is 0.761. The van der Waals surface area contributed by atoms with E-state index in [1.807, 2.05) is 19.9 Å². The summed E-state index contributed by atoms with van der Waals surface area (Å²) in [6.07, 6.45) is 3.02. The van der Waals surface area contributed by atoms with Gasteiger partial charge in [-0.25, -0.2) is 0 Å². The Morgan fingerprint density at radius 3 is 2.94 bits per heavy atom. The van der Waals surface area contributed by atoms with Crippen LogP contribution in [0.4, 0.5) is 0 Å². The van der Waals surface area contributed by atoms with Crippen molar-refractivity contribution >= 4 is 5.91 Å². The molecule has 96 valence electrons. The van der Waals surface area contributed by atoms with E-state index in [1.54, 1.807) is 12.3 Å². The van der Waals surface area contributed by atoms with Crippen molar-refractivity contribution in [2.45, 2.75) is 39.2 Å². The molecule has 1 amide bonds. The summed E-state index contributed by atoms with van der Waals surface area (Å²) in [5.41, 5.74) is 0. The van der Waals surface area contributed by atoms with E-state index < -0.39 is 6.10 Å². The molecule has 0 aromatic carbocycles. The first kappa shape index (κ1) is 13.8. The van der Waals surface area contributed by atoms with Gasteiger partial charge in [0.15, 0.2) is 0 Å². The van der Waals surface area contributed by atoms with Crippen molar-refractivity contribution in [2.75, 3.05) is 6.54 Å². The molecule has 0 spiro atoms. The van der Waals surface area contributed by atoms with Crippen LogP contribution >= 0.6 is 0 Å². The SMILES string of the molecule is CCC(C)C(O)CNC(=O)CCc1ccco1. The third-order valence-electron chi connectivity index (χ3n) is 2.99. The number of furan rings is 1. The minimum absolute atomic E-state index is 0.0521. The lowest BCUT2D eigenvalue weighted by atomic mass is 10.0. The summed E-state index contributed by atoms with van der Waals surface area (Å²) < 4.78 is 5.14. The van der Waals surface area contributed by atoms with Gasteiger partial charge in [0.25, 0.3) is 0 Å². The summed E-state index contributed by atoms with van der Waals surface area (Å²) in [5, 5.41) is 12.4. The van der Waals surface area contributed by atoms with Gasteiger partial charge < -0.3 is 14.8 Å². The van der Waals surface area contributed by atoms with Gasteiger partial charge in [-0.1, -0.05) is 20.3 Å². The number of carbonyl (C=O) groups excluding carboxylic acids is 1. The van der Waals surface area contributed by atoms with Crippen LogP contribution in [-0.4, -0.2) is 23.7 Å². The molecular formula is C13H21NO3. The van der Waals surface area contributed by atoms with E-state index >= 15 is 0 Å². The van der Waals surface area contributed by atoms with Gasteiger partial charge in [-0.3, -0.25) is 4.79 Å². The summed E-state index contributed by atoms with van der Waals surface area (Å²) >= 11 is 0. The predicted molar refractivity (Wildman–Crippen MR) is 65.5 cm³/mol. The Balaban J connectivity index is 2.17. The number of rotatable bonds is 7. The number of aliphatic hydroxyl groups excluding tert-OH is 1. The molecule has 4 heteroatoms. The number of hydrogen-bond donors (Lipinski definition) is 2. The molecule has 1 aromatic rings. The zero-order chi connectivity index (χ0) is 12.7. The molecule has 1 rings (SSSR count). The molecule has 0 radical (unpaired) electrons. The maximum absolute atomic E-state index is 11.5. The fourth-order valence-corrected chi connectivity index (χ4v) is 1.47. The number of amides is 1. The number of nitrogens with one attached hydrogen (secondary N) is 1. The summed E-state index contributed by atoms with van der Waals surface area (Å²) in [5.74, 6) is 0.965. The minimum Gasteiger partial charge on any atom is -0.469 e. The lowest BCUT2D eigenvalue weighted by Crippen LogP contribution is -2.35. The molecule has 2 unspecified atom stereocenters. The molecule has 0 saturated heterocycles. The Hall–Kier alpha value is -1.29. The van der Waals surface area contributed by atoms with Crippen molar-refractivity contribution < 1.29 is 14.3 Å². The van der Waals surface area contributed by atoms with E-state index in [-0.39, 0.29) is 11.8 Å². The highest BCUT2D eigenvalue weighted by Gasteiger charge is 2.13. The maximum Gasteiger partial charge on any atom is 0.220 e. The Bertz CT molecular complexity index is 321. The second-order valence-corrected chi connectivity index (χ2v) is 4.34. The summed E-state index contributed by atoms with van der Waals surface area (Å²) in [7, 11) is 0. The molecule has 2 N–H and O–H groups in total. The van der Waals surface area contributed by atoms with E-state index in [9.17, 15) is 9.90 Å². The smallest absolute Gasteiger partial charge is 0.220 e. The predicted octanol–water partition coefficient (Wildman–Crippen LogP) is 1.74. The monoisotopic (exact) mass is 239 g/mol. The van der Waals surface area contributed by atoms with E-state index in [4.69, 9.17) is 4.42 Å². The van der Waals surface area contributed by atoms with Gasteiger partial charge >= 0.3 is 0 Å². The highest BCUT2D eigenvalue weighted by atomic mass is 16.3. The van der Waals surface area contributed by atoms with Crippen LogP contribution in [0, 0.1) is 5.92 Å². The van der Waals surface area contributed by atoms with Crippen molar-refractivity contribution in [1.29, 1.82) is 0 Å². The van der Waals surface area contributed by atoms with Crippen molar-refractivity contribution in [3.8, 4) is 0 Å². The van der Waals surface area contributed by atoms with Crippen molar-refractivity contribution in [3.05, 3.63) is 24.2 Å². The Morgan fingerprint density at radius 2 is 2.35 bits per heavy atom. The molecule has 0 saturated carbocycles. The van der Waals surface area contributed by atoms with Crippen LogP contribution in [0.15, 0.2) is 22.8 Å². The van der Waals surface area contributed by atoms with Crippen LogP contribution < -0.4 is 5.32 Å². The Morgan fingerprint density at radius 1 is 1.59 bits per heavy atom. The third kappa shape index (κ3) is 5.04. The van der Waals surface area contributed by atoms with Crippen molar-refractivity contribution in [2.24, 2.45) is 5.92 Å². The van der Waals surface area contributed by atoms with Crippen LogP contribution in [0.25, 0.3) is 0 Å². The molecule has 0 aliphatic rings. The molecule has 1 heterocycles. The van der Waals surface area contributed by atoms with Crippen molar-refractivity contribution in [3.63, 3.8) is 0 Å². The topological polar surface area (TPSA) is 62.5 Å². The average Bonchev–Trinajstić information content (AvgIpc) is 2.85. The standard InChI is InChI=1S/C13H21NO3/c1-3-10(2)12(15)9-14-13(16)7-6-11-5-4-8-17-11/h4-5,8,10,12,15H,3,6-7,9H2,1-2H3,(H,14,16). The van der Waals surface area contributed by atoms with Crippen LogP contribution in [0.3, 0.4) is 0 Å². The highest BCUT2D eigenvalue weighted by molar-refractivity contribution is 5.76. The average molecular weight is 239 g/mol. The molecule has 0 aliphatic heterocycles. The first-order chi connectivity index (χ1) is 8.13. The summed E-state index contributed by atoms with van der Waals surface area (Å²) in [4.78, 5) is 11.5. The zero-order valence-corrected chi connectivity index (χ0v) is 10.5. The van der Waals surface area contributed by atoms with Crippen LogP contribution in [-0.2, 0) is 11.2 Å². The van der Waals surface area contributed by atoms with Crippen LogP contribution in [0.5, 0.6) is 0 Å². The number of hydrogen-bond acceptors (Lipinski definition) is 3. The lowest BCUT2D eigenvalue weighted by molar-refractivity contribution is -0.121. The van der Waals surface area contributed by atoms with Gasteiger partial charge in [0.1, 0.15) is 5.76 Å². The minimum atomic E-state index is -0.465. The Labute approximate surface area is 102 Å². The molecule has 0 fully saturated rings. The van der Waals surface area contributed by atoms with E-state index in [2.05, 4.69) is 5.32 Å². The van der Waals surface area contributed by atoms with Gasteiger partial charge in [-0.2, -0.15) is 0 Å². The Kier molecular flexibility index (Phi) is 5.77. The first-order valence-corrected chi connectivity index (χ1v) is 6.10. The van der Waals surface area contributed by atoms with Gasteiger partial charge in [0.05, 0.1) is 12.4 Å². The number of aliphatic hydroxyl groups is 1. The van der Waals surface area contributed by atoms with Gasteiger partial charge in [0, 0.05) is 19.4 Å². The van der Waals surface area contributed by atoms with Crippen LogP contribution in [0.2, 0.25) is 0 Å². The third-order valence-corrected chi connectivity index (χ3v) is 2.99. The number of aryl methyl sites for hydroxylation is 1. The molecule has 2 atom stereocenters. The fourth-order valence-electron chi connectivity index (χ4n) is 1.47. The molecule has 0 bridgehead atoms. The maximum atomic E-state index is 11.5. The zero-order valence-electron chi connectivity index (χ0n) is 10.5. The fraction of sp³-hybridized carbons (Fsp3) is 0.615. The van der Waals surface area contributed by atoms with Gasteiger partial charge in [0.2, 0.25) is 5.91 Å². The second kappa shape index (κ2) is 7.12. The van der Waals surface area contributed by atoms with Crippen molar-refractivity contribution in [1.82, 2.24) is 5.32 Å². The normalized spacial score (nSPS) is 14.3. The summed E-state index contributed by atoms with van der Waals surface area (Å²) in [6.45, 7) is 4.32. The highest BCUT2D eigenvalue weighted by Crippen LogP contribution is 2.06. The van der Waals surface area contributed by atoms with Crippen LogP contribution in [0.1, 0.15) is 32.4 Å².